The summed E-state index contributed by atoms with van der Waals surface area (Å²) >= 11 is 0. The molecule has 0 radical (unpaired) electrons. The second-order valence-electron chi connectivity index (χ2n) is 5.47. The lowest BCUT2D eigenvalue weighted by Crippen LogP contribution is -2.12. The van der Waals surface area contributed by atoms with Crippen molar-refractivity contribution in [2.75, 3.05) is 0 Å². The lowest BCUT2D eigenvalue weighted by molar-refractivity contribution is 0.464. The van der Waals surface area contributed by atoms with E-state index in [1.807, 2.05) is 19.9 Å². The SMILES string of the molecule is CC(C)c1ccc(CS(=O)(=O)Oc2ccc(C#N)cc2)cc1O. The van der Waals surface area contributed by atoms with E-state index in [2.05, 4.69) is 0 Å². The number of nitrogens with zero attached hydrogens (tertiary/aromatic N) is 1. The Bertz CT molecular complexity index is 834. The highest BCUT2D eigenvalue weighted by molar-refractivity contribution is 7.86. The smallest absolute Gasteiger partial charge is 0.313 e. The molecule has 120 valence electrons. The quantitative estimate of drug-likeness (QED) is 0.849. The van der Waals surface area contributed by atoms with E-state index in [4.69, 9.17) is 9.44 Å². The molecule has 0 aliphatic rings. The first-order valence-corrected chi connectivity index (χ1v) is 8.62. The molecule has 2 rings (SSSR count). The molecule has 23 heavy (non-hydrogen) atoms. The van der Waals surface area contributed by atoms with Crippen molar-refractivity contribution in [3.63, 3.8) is 0 Å². The molecule has 0 aromatic heterocycles. The molecule has 0 fully saturated rings. The third-order valence-electron chi connectivity index (χ3n) is 3.27. The molecule has 0 saturated carbocycles. The van der Waals surface area contributed by atoms with Crippen molar-refractivity contribution in [1.82, 2.24) is 0 Å². The summed E-state index contributed by atoms with van der Waals surface area (Å²) in [7, 11) is -3.85. The second kappa shape index (κ2) is 6.71. The van der Waals surface area contributed by atoms with Gasteiger partial charge in [-0.05, 0) is 47.4 Å². The van der Waals surface area contributed by atoms with Gasteiger partial charge < -0.3 is 9.29 Å². The van der Waals surface area contributed by atoms with Crippen LogP contribution in [0, 0.1) is 11.3 Å². The van der Waals surface area contributed by atoms with E-state index < -0.39 is 10.1 Å². The minimum Gasteiger partial charge on any atom is -0.508 e. The predicted molar refractivity (Wildman–Crippen MR) is 86.6 cm³/mol. The molecule has 1 N–H and O–H groups in total. The van der Waals surface area contributed by atoms with Gasteiger partial charge in [-0.1, -0.05) is 26.0 Å². The first kappa shape index (κ1) is 16.8. The molecule has 0 unspecified atom stereocenters. The number of aromatic hydroxyl groups is 1. The third kappa shape index (κ3) is 4.47. The summed E-state index contributed by atoms with van der Waals surface area (Å²) < 4.78 is 29.2. The van der Waals surface area contributed by atoms with Gasteiger partial charge in [-0.2, -0.15) is 13.7 Å². The fourth-order valence-electron chi connectivity index (χ4n) is 2.13. The van der Waals surface area contributed by atoms with E-state index >= 15 is 0 Å². The maximum atomic E-state index is 12.1. The standard InChI is InChI=1S/C17H17NO4S/c1-12(2)16-8-5-14(9-17(16)19)11-23(20,21)22-15-6-3-13(10-18)4-7-15/h3-9,12,19H,11H2,1-2H3. The van der Waals surface area contributed by atoms with Crippen LogP contribution in [0.25, 0.3) is 0 Å². The van der Waals surface area contributed by atoms with Gasteiger partial charge in [0.05, 0.1) is 11.6 Å². The van der Waals surface area contributed by atoms with Crippen LogP contribution >= 0.6 is 0 Å². The molecule has 0 atom stereocenters. The van der Waals surface area contributed by atoms with Crippen molar-refractivity contribution in [1.29, 1.82) is 5.26 Å². The van der Waals surface area contributed by atoms with Crippen LogP contribution < -0.4 is 4.18 Å². The molecule has 2 aromatic carbocycles. The Labute approximate surface area is 135 Å². The molecule has 0 aliphatic heterocycles. The molecule has 2 aromatic rings. The normalized spacial score (nSPS) is 11.2. The van der Waals surface area contributed by atoms with Crippen LogP contribution in [0.1, 0.15) is 36.5 Å². The number of rotatable bonds is 5. The summed E-state index contributed by atoms with van der Waals surface area (Å²) in [5, 5.41) is 18.7. The molecule has 0 saturated heterocycles. The van der Waals surface area contributed by atoms with Crippen LogP contribution in [0.15, 0.2) is 42.5 Å². The van der Waals surface area contributed by atoms with E-state index in [0.717, 1.165) is 5.56 Å². The summed E-state index contributed by atoms with van der Waals surface area (Å²) in [6.07, 6.45) is 0. The first-order chi connectivity index (χ1) is 10.8. The van der Waals surface area contributed by atoms with Gasteiger partial charge in [0.1, 0.15) is 17.3 Å². The van der Waals surface area contributed by atoms with E-state index in [1.54, 1.807) is 12.1 Å². The first-order valence-electron chi connectivity index (χ1n) is 7.05. The summed E-state index contributed by atoms with van der Waals surface area (Å²) in [6, 6.07) is 12.6. The summed E-state index contributed by atoms with van der Waals surface area (Å²) in [5.74, 6) is 0.0208. The summed E-state index contributed by atoms with van der Waals surface area (Å²) in [4.78, 5) is 0. The number of nitriles is 1. The zero-order chi connectivity index (χ0) is 17.0. The van der Waals surface area contributed by atoms with Crippen LogP contribution in [-0.4, -0.2) is 13.5 Å². The van der Waals surface area contributed by atoms with Gasteiger partial charge in [-0.3, -0.25) is 0 Å². The number of hydrogen-bond donors (Lipinski definition) is 1. The summed E-state index contributed by atoms with van der Waals surface area (Å²) in [5.41, 5.74) is 1.63. The minimum absolute atomic E-state index is 0.0751. The van der Waals surface area contributed by atoms with Crippen LogP contribution in [0.4, 0.5) is 0 Å². The predicted octanol–water partition coefficient (Wildman–Crippen LogP) is 3.30. The fourth-order valence-corrected chi connectivity index (χ4v) is 3.18. The topological polar surface area (TPSA) is 87.4 Å². The largest absolute Gasteiger partial charge is 0.508 e. The minimum atomic E-state index is -3.85. The Morgan fingerprint density at radius 3 is 2.35 bits per heavy atom. The van der Waals surface area contributed by atoms with Gasteiger partial charge in [0.25, 0.3) is 0 Å². The Morgan fingerprint density at radius 1 is 1.17 bits per heavy atom. The maximum absolute atomic E-state index is 12.1. The highest BCUT2D eigenvalue weighted by Crippen LogP contribution is 2.27. The lowest BCUT2D eigenvalue weighted by atomic mass is 10.0. The molecular formula is C17H17NO4S. The van der Waals surface area contributed by atoms with Crippen molar-refractivity contribution < 1.29 is 17.7 Å². The Hall–Kier alpha value is -2.52. The highest BCUT2D eigenvalue weighted by Gasteiger charge is 2.16. The van der Waals surface area contributed by atoms with Crippen molar-refractivity contribution in [2.24, 2.45) is 0 Å². The zero-order valence-corrected chi connectivity index (χ0v) is 13.7. The molecule has 0 heterocycles. The van der Waals surface area contributed by atoms with Crippen molar-refractivity contribution in [3.05, 3.63) is 59.2 Å². The van der Waals surface area contributed by atoms with Gasteiger partial charge >= 0.3 is 10.1 Å². The van der Waals surface area contributed by atoms with Crippen molar-refractivity contribution >= 4 is 10.1 Å². The van der Waals surface area contributed by atoms with Gasteiger partial charge in [0.15, 0.2) is 0 Å². The number of phenolic OH excluding ortho intramolecular Hbond substituents is 1. The molecular weight excluding hydrogens is 314 g/mol. The molecule has 6 heteroatoms. The molecule has 0 amide bonds. The second-order valence-corrected chi connectivity index (χ2v) is 7.04. The average Bonchev–Trinajstić information content (AvgIpc) is 2.46. The maximum Gasteiger partial charge on any atom is 0.313 e. The van der Waals surface area contributed by atoms with E-state index in [-0.39, 0.29) is 23.2 Å². The number of phenols is 1. The third-order valence-corrected chi connectivity index (χ3v) is 4.40. The fraction of sp³-hybridized carbons (Fsp3) is 0.235. The van der Waals surface area contributed by atoms with Gasteiger partial charge in [0.2, 0.25) is 0 Å². The molecule has 0 spiro atoms. The number of hydrogen-bond acceptors (Lipinski definition) is 5. The summed E-state index contributed by atoms with van der Waals surface area (Å²) in [6.45, 7) is 3.89. The van der Waals surface area contributed by atoms with Crippen LogP contribution in [-0.2, 0) is 15.9 Å². The Kier molecular flexibility index (Phi) is 4.92. The molecule has 5 nitrogen and oxygen atoms in total. The average molecular weight is 331 g/mol. The van der Waals surface area contributed by atoms with Gasteiger partial charge in [0, 0.05) is 0 Å². The monoisotopic (exact) mass is 331 g/mol. The molecule has 0 aliphatic carbocycles. The van der Waals surface area contributed by atoms with E-state index in [1.165, 1.54) is 30.3 Å². The molecule has 0 bridgehead atoms. The van der Waals surface area contributed by atoms with Gasteiger partial charge in [-0.15, -0.1) is 0 Å². The Morgan fingerprint density at radius 2 is 1.83 bits per heavy atom. The van der Waals surface area contributed by atoms with Gasteiger partial charge in [-0.25, -0.2) is 0 Å². The van der Waals surface area contributed by atoms with E-state index in [9.17, 15) is 13.5 Å². The van der Waals surface area contributed by atoms with Crippen LogP contribution in [0.2, 0.25) is 0 Å². The highest BCUT2D eigenvalue weighted by atomic mass is 32.2. The van der Waals surface area contributed by atoms with Crippen molar-refractivity contribution in [3.8, 4) is 17.6 Å². The number of benzene rings is 2. The lowest BCUT2D eigenvalue weighted by Gasteiger charge is -2.11. The van der Waals surface area contributed by atoms with Crippen LogP contribution in [0.5, 0.6) is 11.5 Å². The van der Waals surface area contributed by atoms with Crippen molar-refractivity contribution in [2.45, 2.75) is 25.5 Å². The zero-order valence-electron chi connectivity index (χ0n) is 12.9. The van der Waals surface area contributed by atoms with Crippen LogP contribution in [0.3, 0.4) is 0 Å². The van der Waals surface area contributed by atoms with E-state index in [0.29, 0.717) is 11.1 Å². The Balaban J connectivity index is 2.14.